The van der Waals surface area contributed by atoms with Crippen molar-refractivity contribution in [2.24, 2.45) is 5.92 Å². The van der Waals surface area contributed by atoms with E-state index in [-0.39, 0.29) is 20.9 Å². The van der Waals surface area contributed by atoms with Gasteiger partial charge in [0, 0.05) is 6.54 Å². The molecule has 0 saturated carbocycles. The van der Waals surface area contributed by atoms with Gasteiger partial charge in [0.1, 0.15) is 6.04 Å². The number of carbonyl (C=O) groups excluding carboxylic acids is 1. The number of ether oxygens (including phenoxy) is 1. The Hall–Kier alpha value is -0.820. The summed E-state index contributed by atoms with van der Waals surface area (Å²) in [6, 6.07) is 3.41. The number of cyclic esters (lactones) is 1. The van der Waals surface area contributed by atoms with E-state index in [0.29, 0.717) is 26.0 Å². The average molecular weight is 350 g/mol. The summed E-state index contributed by atoms with van der Waals surface area (Å²) in [5, 5.41) is 0.451. The van der Waals surface area contributed by atoms with Crippen LogP contribution in [0.15, 0.2) is 23.1 Å². The van der Waals surface area contributed by atoms with E-state index in [1.807, 2.05) is 0 Å². The highest BCUT2D eigenvalue weighted by atomic mass is 35.5. The highest BCUT2D eigenvalue weighted by Gasteiger charge is 2.48. The van der Waals surface area contributed by atoms with Crippen molar-refractivity contribution in [3.05, 3.63) is 28.2 Å². The Bertz CT molecular complexity index is 691. The molecule has 2 atom stereocenters. The van der Waals surface area contributed by atoms with Crippen LogP contribution in [-0.2, 0) is 19.6 Å². The summed E-state index contributed by atoms with van der Waals surface area (Å²) in [5.41, 5.74) is 0. The fourth-order valence-corrected chi connectivity index (χ4v) is 4.92. The normalized spacial score (nSPS) is 26.5. The largest absolute Gasteiger partial charge is 0.464 e. The summed E-state index contributed by atoms with van der Waals surface area (Å²) in [6.45, 7) is 0.674. The van der Waals surface area contributed by atoms with Gasteiger partial charge in [-0.15, -0.1) is 0 Å². The summed E-state index contributed by atoms with van der Waals surface area (Å²) < 4.78 is 31.7. The Kier molecular flexibility index (Phi) is 3.90. The van der Waals surface area contributed by atoms with Gasteiger partial charge >= 0.3 is 5.97 Å². The van der Waals surface area contributed by atoms with Gasteiger partial charge in [-0.3, -0.25) is 4.79 Å². The van der Waals surface area contributed by atoms with Crippen LogP contribution in [0.2, 0.25) is 10.0 Å². The summed E-state index contributed by atoms with van der Waals surface area (Å²) >= 11 is 11.7. The van der Waals surface area contributed by atoms with Gasteiger partial charge in [-0.1, -0.05) is 23.2 Å². The van der Waals surface area contributed by atoms with E-state index >= 15 is 0 Å². The Morgan fingerprint density at radius 1 is 1.19 bits per heavy atom. The molecule has 0 radical (unpaired) electrons. The third kappa shape index (κ3) is 2.54. The smallest absolute Gasteiger partial charge is 0.324 e. The van der Waals surface area contributed by atoms with Crippen LogP contribution in [0, 0.1) is 5.92 Å². The number of hydrogen-bond acceptors (Lipinski definition) is 4. The first-order valence-electron chi connectivity index (χ1n) is 6.55. The molecule has 0 spiro atoms. The van der Waals surface area contributed by atoms with Gasteiger partial charge in [0.15, 0.2) is 0 Å². The maximum atomic E-state index is 12.7. The van der Waals surface area contributed by atoms with E-state index < -0.39 is 22.0 Å². The van der Waals surface area contributed by atoms with Crippen molar-refractivity contribution < 1.29 is 17.9 Å². The fraction of sp³-hybridized carbons (Fsp3) is 0.462. The van der Waals surface area contributed by atoms with E-state index in [0.717, 1.165) is 0 Å². The molecule has 114 valence electrons. The predicted octanol–water partition coefficient (Wildman–Crippen LogP) is 2.32. The average Bonchev–Trinajstić information content (AvgIpc) is 2.88. The zero-order chi connectivity index (χ0) is 15.2. The van der Waals surface area contributed by atoms with Crippen molar-refractivity contribution in [1.29, 1.82) is 0 Å². The maximum absolute atomic E-state index is 12.7. The first-order valence-corrected chi connectivity index (χ1v) is 8.74. The summed E-state index contributed by atoms with van der Waals surface area (Å²) in [4.78, 5) is 11.9. The Morgan fingerprint density at radius 2 is 1.95 bits per heavy atom. The molecule has 2 heterocycles. The minimum absolute atomic E-state index is 0.0313. The molecule has 2 aliphatic heterocycles. The Labute approximate surface area is 132 Å². The molecular formula is C13H13Cl2NO4S. The zero-order valence-corrected chi connectivity index (χ0v) is 13.3. The summed E-state index contributed by atoms with van der Waals surface area (Å²) in [7, 11) is -3.79. The van der Waals surface area contributed by atoms with E-state index in [1.165, 1.54) is 22.5 Å². The molecule has 2 saturated heterocycles. The van der Waals surface area contributed by atoms with Gasteiger partial charge in [-0.2, -0.15) is 4.31 Å². The van der Waals surface area contributed by atoms with Crippen molar-refractivity contribution in [2.75, 3.05) is 13.2 Å². The lowest BCUT2D eigenvalue weighted by Crippen LogP contribution is -2.46. The van der Waals surface area contributed by atoms with Crippen molar-refractivity contribution in [3.8, 4) is 0 Å². The van der Waals surface area contributed by atoms with E-state index in [4.69, 9.17) is 27.9 Å². The minimum atomic E-state index is -3.79. The molecule has 2 unspecified atom stereocenters. The molecule has 2 aliphatic rings. The van der Waals surface area contributed by atoms with Gasteiger partial charge in [0.25, 0.3) is 0 Å². The van der Waals surface area contributed by atoms with Crippen LogP contribution in [-0.4, -0.2) is 37.9 Å². The second-order valence-corrected chi connectivity index (χ2v) is 7.85. The van der Waals surface area contributed by atoms with Gasteiger partial charge in [0.05, 0.1) is 21.5 Å². The minimum Gasteiger partial charge on any atom is -0.464 e. The van der Waals surface area contributed by atoms with Crippen LogP contribution in [0.25, 0.3) is 0 Å². The molecule has 0 aromatic heterocycles. The molecule has 0 aliphatic carbocycles. The highest BCUT2D eigenvalue weighted by molar-refractivity contribution is 7.89. The molecule has 2 fully saturated rings. The van der Waals surface area contributed by atoms with Crippen molar-refractivity contribution >= 4 is 39.2 Å². The monoisotopic (exact) mass is 349 g/mol. The zero-order valence-electron chi connectivity index (χ0n) is 11.0. The molecule has 8 heteroatoms. The number of nitrogens with zero attached hydrogens (tertiary/aromatic N) is 1. The summed E-state index contributed by atoms with van der Waals surface area (Å²) in [5.74, 6) is -0.434. The van der Waals surface area contributed by atoms with Crippen LogP contribution >= 0.6 is 23.2 Å². The second-order valence-electron chi connectivity index (χ2n) is 5.14. The van der Waals surface area contributed by atoms with Crippen LogP contribution in [0.4, 0.5) is 0 Å². The van der Waals surface area contributed by atoms with Crippen LogP contribution in [0.1, 0.15) is 12.8 Å². The number of halogens is 2. The third-order valence-corrected chi connectivity index (χ3v) is 6.57. The number of benzene rings is 1. The number of sulfonamides is 1. The van der Waals surface area contributed by atoms with Gasteiger partial charge in [-0.05, 0) is 37.0 Å². The molecule has 5 nitrogen and oxygen atoms in total. The number of esters is 1. The number of carbonyl (C=O) groups is 1. The van der Waals surface area contributed by atoms with Gasteiger partial charge < -0.3 is 4.74 Å². The lowest BCUT2D eigenvalue weighted by Gasteiger charge is -2.29. The molecular weight excluding hydrogens is 337 g/mol. The van der Waals surface area contributed by atoms with E-state index in [9.17, 15) is 13.2 Å². The SMILES string of the molecule is O=C1OCCC2CCN(S(=O)(=O)c3ccc(Cl)c(Cl)c3)C12. The van der Waals surface area contributed by atoms with Crippen LogP contribution in [0.3, 0.4) is 0 Å². The molecule has 0 N–H and O–H groups in total. The van der Waals surface area contributed by atoms with Crippen molar-refractivity contribution in [3.63, 3.8) is 0 Å². The number of rotatable bonds is 2. The maximum Gasteiger partial charge on any atom is 0.324 e. The first kappa shape index (κ1) is 15.1. The van der Waals surface area contributed by atoms with Gasteiger partial charge in [-0.25, -0.2) is 8.42 Å². The lowest BCUT2D eigenvalue weighted by molar-refractivity contribution is -0.153. The number of fused-ring (bicyclic) bond motifs is 1. The Balaban J connectivity index is 1.98. The van der Waals surface area contributed by atoms with E-state index in [1.54, 1.807) is 0 Å². The predicted molar refractivity (Wildman–Crippen MR) is 77.8 cm³/mol. The quantitative estimate of drug-likeness (QED) is 0.768. The van der Waals surface area contributed by atoms with Gasteiger partial charge in [0.2, 0.25) is 10.0 Å². The summed E-state index contributed by atoms with van der Waals surface area (Å²) in [6.07, 6.45) is 1.37. The van der Waals surface area contributed by atoms with Crippen LogP contribution in [0.5, 0.6) is 0 Å². The molecule has 1 aromatic carbocycles. The first-order chi connectivity index (χ1) is 9.91. The number of hydrogen-bond donors (Lipinski definition) is 0. The Morgan fingerprint density at radius 3 is 2.67 bits per heavy atom. The molecule has 0 amide bonds. The second kappa shape index (κ2) is 5.43. The van der Waals surface area contributed by atoms with Crippen molar-refractivity contribution in [1.82, 2.24) is 4.31 Å². The molecule has 0 bridgehead atoms. The standard InChI is InChI=1S/C13H13Cl2NO4S/c14-10-2-1-9(7-11(10)15)21(18,19)16-5-3-8-4-6-20-13(17)12(8)16/h1-2,7-8,12H,3-6H2. The third-order valence-electron chi connectivity index (χ3n) is 3.95. The molecule has 3 rings (SSSR count). The van der Waals surface area contributed by atoms with E-state index in [2.05, 4.69) is 0 Å². The van der Waals surface area contributed by atoms with Crippen molar-refractivity contribution in [2.45, 2.75) is 23.8 Å². The molecule has 21 heavy (non-hydrogen) atoms. The van der Waals surface area contributed by atoms with Crippen LogP contribution < -0.4 is 0 Å². The fourth-order valence-electron chi connectivity index (χ4n) is 2.88. The molecule has 1 aromatic rings. The topological polar surface area (TPSA) is 63.7 Å². The lowest BCUT2D eigenvalue weighted by atomic mass is 9.96. The highest BCUT2D eigenvalue weighted by Crippen LogP contribution is 2.36.